The van der Waals surface area contributed by atoms with E-state index < -0.39 is 0 Å². The van der Waals surface area contributed by atoms with E-state index in [1.54, 1.807) is 11.8 Å². The Morgan fingerprint density at radius 2 is 1.85 bits per heavy atom. The average molecular weight is 277 g/mol. The lowest BCUT2D eigenvalue weighted by Gasteiger charge is -2.26. The minimum Gasteiger partial charge on any atom is -0.466 e. The second-order valence-corrected chi connectivity index (χ2v) is 4.90. The number of hydrogen-bond donors (Lipinski definition) is 0. The van der Waals surface area contributed by atoms with Crippen LogP contribution in [0.2, 0.25) is 0 Å². The van der Waals surface area contributed by atoms with Crippen LogP contribution in [0.3, 0.4) is 0 Å². The van der Waals surface area contributed by atoms with Gasteiger partial charge in [-0.1, -0.05) is 30.3 Å². The molecule has 1 amide bonds. The highest BCUT2D eigenvalue weighted by atomic mass is 16.5. The lowest BCUT2D eigenvalue weighted by Crippen LogP contribution is -2.39. The summed E-state index contributed by atoms with van der Waals surface area (Å²) in [6.45, 7) is 6.46. The van der Waals surface area contributed by atoms with Crippen LogP contribution in [0.4, 0.5) is 0 Å². The molecule has 1 aromatic carbocycles. The van der Waals surface area contributed by atoms with Gasteiger partial charge in [-0.3, -0.25) is 9.59 Å². The first-order chi connectivity index (χ1) is 9.54. The van der Waals surface area contributed by atoms with Crippen LogP contribution in [0.15, 0.2) is 30.3 Å². The highest BCUT2D eigenvalue weighted by molar-refractivity contribution is 5.79. The Bertz CT molecular complexity index is 429. The molecule has 0 saturated heterocycles. The van der Waals surface area contributed by atoms with Crippen molar-refractivity contribution >= 4 is 11.9 Å². The molecule has 0 atom stereocenters. The van der Waals surface area contributed by atoms with Gasteiger partial charge in [-0.25, -0.2) is 0 Å². The highest BCUT2D eigenvalue weighted by Gasteiger charge is 2.18. The summed E-state index contributed by atoms with van der Waals surface area (Å²) in [5, 5.41) is 0. The molecule has 0 aliphatic carbocycles. The minimum atomic E-state index is -0.259. The maximum atomic E-state index is 12.3. The van der Waals surface area contributed by atoms with Crippen molar-refractivity contribution in [3.8, 4) is 0 Å². The van der Waals surface area contributed by atoms with Gasteiger partial charge in [-0.2, -0.15) is 0 Å². The van der Waals surface area contributed by atoms with Gasteiger partial charge in [-0.05, 0) is 26.3 Å². The normalized spacial score (nSPS) is 10.4. The van der Waals surface area contributed by atoms with Crippen molar-refractivity contribution in [2.75, 3.05) is 13.2 Å². The quantitative estimate of drug-likeness (QED) is 0.719. The Balaban J connectivity index is 2.57. The lowest BCUT2D eigenvalue weighted by atomic mass is 10.1. The van der Waals surface area contributed by atoms with Crippen molar-refractivity contribution in [3.63, 3.8) is 0 Å². The summed E-state index contributed by atoms with van der Waals surface area (Å²) in [7, 11) is 0. The molecule has 0 spiro atoms. The van der Waals surface area contributed by atoms with E-state index in [1.807, 2.05) is 44.2 Å². The number of rotatable bonds is 7. The van der Waals surface area contributed by atoms with Crippen molar-refractivity contribution in [1.82, 2.24) is 4.90 Å². The van der Waals surface area contributed by atoms with Crippen molar-refractivity contribution in [2.24, 2.45) is 0 Å². The fraction of sp³-hybridized carbons (Fsp3) is 0.500. The smallest absolute Gasteiger partial charge is 0.307 e. The fourth-order valence-electron chi connectivity index (χ4n) is 1.99. The number of ether oxygens (including phenoxy) is 1. The predicted molar refractivity (Wildman–Crippen MR) is 78.2 cm³/mol. The van der Waals surface area contributed by atoms with Gasteiger partial charge >= 0.3 is 5.97 Å². The Kier molecular flexibility index (Phi) is 6.77. The molecule has 0 saturated carbocycles. The van der Waals surface area contributed by atoms with E-state index in [-0.39, 0.29) is 24.3 Å². The molecule has 1 aromatic rings. The van der Waals surface area contributed by atoms with Crippen molar-refractivity contribution in [1.29, 1.82) is 0 Å². The number of esters is 1. The van der Waals surface area contributed by atoms with Gasteiger partial charge in [0.1, 0.15) is 0 Å². The summed E-state index contributed by atoms with van der Waals surface area (Å²) in [6, 6.07) is 9.70. The maximum Gasteiger partial charge on any atom is 0.307 e. The van der Waals surface area contributed by atoms with Gasteiger partial charge in [0.15, 0.2) is 0 Å². The van der Waals surface area contributed by atoms with Crippen LogP contribution in [0.1, 0.15) is 32.8 Å². The molecule has 1 rings (SSSR count). The van der Waals surface area contributed by atoms with E-state index in [0.717, 1.165) is 5.56 Å². The molecule has 0 N–H and O–H groups in total. The molecule has 0 fully saturated rings. The van der Waals surface area contributed by atoms with E-state index in [9.17, 15) is 9.59 Å². The fourth-order valence-corrected chi connectivity index (χ4v) is 1.99. The molecule has 4 nitrogen and oxygen atoms in total. The largest absolute Gasteiger partial charge is 0.466 e. The first-order valence-electron chi connectivity index (χ1n) is 7.03. The molecule has 0 radical (unpaired) electrons. The van der Waals surface area contributed by atoms with E-state index >= 15 is 0 Å². The zero-order valence-corrected chi connectivity index (χ0v) is 12.5. The Labute approximate surface area is 120 Å². The molecule has 110 valence electrons. The van der Waals surface area contributed by atoms with Crippen LogP contribution >= 0.6 is 0 Å². The monoisotopic (exact) mass is 277 g/mol. The van der Waals surface area contributed by atoms with E-state index in [1.165, 1.54) is 0 Å². The molecule has 4 heteroatoms. The Morgan fingerprint density at radius 3 is 2.40 bits per heavy atom. The molecule has 0 aromatic heterocycles. The first kappa shape index (κ1) is 16.2. The number of nitrogens with zero attached hydrogens (tertiary/aromatic N) is 1. The third-order valence-corrected chi connectivity index (χ3v) is 3.00. The highest BCUT2D eigenvalue weighted by Crippen LogP contribution is 2.07. The van der Waals surface area contributed by atoms with Crippen LogP contribution in [0.25, 0.3) is 0 Å². The van der Waals surface area contributed by atoms with Gasteiger partial charge in [0.05, 0.1) is 19.4 Å². The summed E-state index contributed by atoms with van der Waals surface area (Å²) < 4.78 is 4.89. The predicted octanol–water partition coefficient (Wildman–Crippen LogP) is 2.42. The van der Waals surface area contributed by atoms with Gasteiger partial charge < -0.3 is 9.64 Å². The zero-order chi connectivity index (χ0) is 15.0. The Hall–Kier alpha value is -1.84. The molecular formula is C16H23NO3. The summed E-state index contributed by atoms with van der Waals surface area (Å²) >= 11 is 0. The van der Waals surface area contributed by atoms with Gasteiger partial charge in [0, 0.05) is 12.6 Å². The van der Waals surface area contributed by atoms with Gasteiger partial charge in [-0.15, -0.1) is 0 Å². The number of carbonyl (C=O) groups excluding carboxylic acids is 2. The van der Waals surface area contributed by atoms with Gasteiger partial charge in [0.25, 0.3) is 0 Å². The van der Waals surface area contributed by atoms with Crippen molar-refractivity contribution in [2.45, 2.75) is 39.7 Å². The minimum absolute atomic E-state index is 0.0375. The third-order valence-electron chi connectivity index (χ3n) is 3.00. The van der Waals surface area contributed by atoms with E-state index in [0.29, 0.717) is 19.6 Å². The van der Waals surface area contributed by atoms with E-state index in [4.69, 9.17) is 4.74 Å². The second-order valence-electron chi connectivity index (χ2n) is 4.90. The summed E-state index contributed by atoms with van der Waals surface area (Å²) in [6.07, 6.45) is 0.606. The second kappa shape index (κ2) is 8.35. The molecular weight excluding hydrogens is 254 g/mol. The molecule has 0 aliphatic rings. The topological polar surface area (TPSA) is 46.6 Å². The van der Waals surface area contributed by atoms with Crippen LogP contribution in [0.5, 0.6) is 0 Å². The number of benzene rings is 1. The lowest BCUT2D eigenvalue weighted by molar-refractivity contribution is -0.144. The summed E-state index contributed by atoms with van der Waals surface area (Å²) in [5.74, 6) is -0.221. The third kappa shape index (κ3) is 5.43. The van der Waals surface area contributed by atoms with Crippen LogP contribution < -0.4 is 0 Å². The first-order valence-corrected chi connectivity index (χ1v) is 7.03. The molecule has 0 bridgehead atoms. The molecule has 0 unspecified atom stereocenters. The van der Waals surface area contributed by atoms with Crippen molar-refractivity contribution in [3.05, 3.63) is 35.9 Å². The number of carbonyl (C=O) groups is 2. The number of amides is 1. The molecule has 20 heavy (non-hydrogen) atoms. The van der Waals surface area contributed by atoms with Crippen LogP contribution in [-0.4, -0.2) is 36.0 Å². The Morgan fingerprint density at radius 1 is 1.20 bits per heavy atom. The standard InChI is InChI=1S/C16H23NO3/c1-4-20-16(19)10-11-17(13(2)3)15(18)12-14-8-6-5-7-9-14/h5-9,13H,4,10-12H2,1-3H3. The van der Waals surface area contributed by atoms with Crippen molar-refractivity contribution < 1.29 is 14.3 Å². The zero-order valence-electron chi connectivity index (χ0n) is 12.5. The van der Waals surface area contributed by atoms with Gasteiger partial charge in [0.2, 0.25) is 5.91 Å². The summed E-state index contributed by atoms with van der Waals surface area (Å²) in [4.78, 5) is 25.4. The molecule has 0 heterocycles. The van der Waals surface area contributed by atoms with E-state index in [2.05, 4.69) is 0 Å². The maximum absolute atomic E-state index is 12.3. The molecule has 0 aliphatic heterocycles. The SMILES string of the molecule is CCOC(=O)CCN(C(=O)Cc1ccccc1)C(C)C. The number of hydrogen-bond acceptors (Lipinski definition) is 3. The van der Waals surface area contributed by atoms with Crippen LogP contribution in [-0.2, 0) is 20.7 Å². The van der Waals surface area contributed by atoms with Crippen LogP contribution in [0, 0.1) is 0 Å². The average Bonchev–Trinajstić information content (AvgIpc) is 2.40. The summed E-state index contributed by atoms with van der Waals surface area (Å²) in [5.41, 5.74) is 0.985.